The molecule has 1 aromatic heterocycles. The van der Waals surface area contributed by atoms with E-state index in [-0.39, 0.29) is 0 Å². The zero-order valence-electron chi connectivity index (χ0n) is 12.0. The standard InChI is InChI=1S/C14H21N5S/c1-3-6-17-7-9-18(10-8-17)11-19-14(20)16(2)13(15-19)12-4-5-12/h1,12H,4-11H2,2H3. The maximum atomic E-state index is 5.49. The third-order valence-corrected chi connectivity index (χ3v) is 4.62. The van der Waals surface area contributed by atoms with Crippen molar-refractivity contribution in [3.8, 4) is 12.3 Å². The molecule has 2 heterocycles. The maximum Gasteiger partial charge on any atom is 0.198 e. The fourth-order valence-corrected chi connectivity index (χ4v) is 2.89. The first-order valence-corrected chi connectivity index (χ1v) is 7.62. The fourth-order valence-electron chi connectivity index (χ4n) is 2.70. The highest BCUT2D eigenvalue weighted by molar-refractivity contribution is 7.71. The molecule has 0 bridgehead atoms. The predicted molar refractivity (Wildman–Crippen MR) is 80.9 cm³/mol. The van der Waals surface area contributed by atoms with Gasteiger partial charge in [-0.15, -0.1) is 6.42 Å². The fraction of sp³-hybridized carbons (Fsp3) is 0.714. The highest BCUT2D eigenvalue weighted by atomic mass is 32.1. The van der Waals surface area contributed by atoms with Gasteiger partial charge in [-0.2, -0.15) is 5.10 Å². The van der Waals surface area contributed by atoms with E-state index in [1.165, 1.54) is 12.8 Å². The third kappa shape index (κ3) is 2.80. The summed E-state index contributed by atoms with van der Waals surface area (Å²) >= 11 is 5.49. The molecule has 0 unspecified atom stereocenters. The van der Waals surface area contributed by atoms with Crippen molar-refractivity contribution in [2.45, 2.75) is 25.4 Å². The van der Waals surface area contributed by atoms with Gasteiger partial charge in [-0.3, -0.25) is 9.80 Å². The van der Waals surface area contributed by atoms with Gasteiger partial charge in [0.25, 0.3) is 0 Å². The quantitative estimate of drug-likeness (QED) is 0.612. The molecule has 2 fully saturated rings. The molecule has 0 aromatic carbocycles. The Morgan fingerprint density at radius 3 is 2.50 bits per heavy atom. The lowest BCUT2D eigenvalue weighted by molar-refractivity contribution is 0.111. The Morgan fingerprint density at radius 2 is 1.90 bits per heavy atom. The van der Waals surface area contributed by atoms with E-state index < -0.39 is 0 Å². The van der Waals surface area contributed by atoms with E-state index in [1.54, 1.807) is 0 Å². The van der Waals surface area contributed by atoms with Gasteiger partial charge < -0.3 is 4.57 Å². The van der Waals surface area contributed by atoms with Crippen LogP contribution in [0.15, 0.2) is 0 Å². The monoisotopic (exact) mass is 291 g/mol. The Labute approximate surface area is 125 Å². The van der Waals surface area contributed by atoms with Crippen LogP contribution in [0.2, 0.25) is 0 Å². The van der Waals surface area contributed by atoms with Gasteiger partial charge in [0.1, 0.15) is 5.82 Å². The van der Waals surface area contributed by atoms with Gasteiger partial charge in [0, 0.05) is 39.1 Å². The number of piperazine rings is 1. The van der Waals surface area contributed by atoms with Gasteiger partial charge in [0.2, 0.25) is 0 Å². The van der Waals surface area contributed by atoms with Crippen molar-refractivity contribution < 1.29 is 0 Å². The summed E-state index contributed by atoms with van der Waals surface area (Å²) in [6.45, 7) is 5.66. The Balaban J connectivity index is 1.63. The molecule has 0 spiro atoms. The van der Waals surface area contributed by atoms with Gasteiger partial charge in [0.05, 0.1) is 13.2 Å². The van der Waals surface area contributed by atoms with Crippen LogP contribution in [0.1, 0.15) is 24.6 Å². The van der Waals surface area contributed by atoms with Crippen molar-refractivity contribution >= 4 is 12.2 Å². The molecular formula is C14H21N5S. The molecule has 0 N–H and O–H groups in total. The van der Waals surface area contributed by atoms with E-state index >= 15 is 0 Å². The molecule has 0 radical (unpaired) electrons. The Kier molecular flexibility index (Phi) is 3.92. The summed E-state index contributed by atoms with van der Waals surface area (Å²) < 4.78 is 4.87. The molecular weight excluding hydrogens is 270 g/mol. The third-order valence-electron chi connectivity index (χ3n) is 4.13. The summed E-state index contributed by atoms with van der Waals surface area (Å²) in [5.74, 6) is 4.50. The van der Waals surface area contributed by atoms with Gasteiger partial charge in [-0.1, -0.05) is 5.92 Å². The number of rotatable bonds is 4. The molecule has 0 amide bonds. The van der Waals surface area contributed by atoms with Crippen molar-refractivity contribution in [1.29, 1.82) is 0 Å². The molecule has 2 aliphatic rings. The molecule has 1 aromatic rings. The molecule has 0 atom stereocenters. The number of aromatic nitrogens is 3. The first-order chi connectivity index (χ1) is 9.69. The van der Waals surface area contributed by atoms with E-state index in [4.69, 9.17) is 23.7 Å². The van der Waals surface area contributed by atoms with E-state index in [0.29, 0.717) is 5.92 Å². The maximum absolute atomic E-state index is 5.49. The smallest absolute Gasteiger partial charge is 0.198 e. The van der Waals surface area contributed by atoms with E-state index in [0.717, 1.165) is 50.0 Å². The van der Waals surface area contributed by atoms with Gasteiger partial charge in [0.15, 0.2) is 4.77 Å². The molecule has 6 heteroatoms. The van der Waals surface area contributed by atoms with Crippen LogP contribution >= 0.6 is 12.2 Å². The Bertz CT molecular complexity index is 569. The normalized spacial score (nSPS) is 21.0. The van der Waals surface area contributed by atoms with Crippen LogP contribution in [0.4, 0.5) is 0 Å². The van der Waals surface area contributed by atoms with Crippen LogP contribution in [0.5, 0.6) is 0 Å². The number of hydrogen-bond donors (Lipinski definition) is 0. The Hall–Kier alpha value is -1.16. The molecule has 5 nitrogen and oxygen atoms in total. The van der Waals surface area contributed by atoms with Crippen LogP contribution in [-0.4, -0.2) is 56.9 Å². The van der Waals surface area contributed by atoms with Crippen LogP contribution in [0.3, 0.4) is 0 Å². The number of nitrogens with zero attached hydrogens (tertiary/aromatic N) is 5. The minimum absolute atomic E-state index is 0.635. The SMILES string of the molecule is C#CCN1CCN(Cn2nc(C3CC3)n(C)c2=S)CC1. The second kappa shape index (κ2) is 5.68. The highest BCUT2D eigenvalue weighted by Crippen LogP contribution is 2.38. The zero-order chi connectivity index (χ0) is 14.1. The topological polar surface area (TPSA) is 29.2 Å². The Morgan fingerprint density at radius 1 is 1.25 bits per heavy atom. The predicted octanol–water partition coefficient (Wildman–Crippen LogP) is 1.04. The van der Waals surface area contributed by atoms with Gasteiger partial charge in [-0.05, 0) is 25.1 Å². The molecule has 1 aliphatic carbocycles. The molecule has 20 heavy (non-hydrogen) atoms. The largest absolute Gasteiger partial charge is 0.307 e. The van der Waals surface area contributed by atoms with E-state index in [2.05, 4.69) is 20.3 Å². The van der Waals surface area contributed by atoms with Gasteiger partial charge in [-0.25, -0.2) is 4.68 Å². The van der Waals surface area contributed by atoms with Crippen LogP contribution in [0, 0.1) is 17.1 Å². The summed E-state index contributed by atoms with van der Waals surface area (Å²) in [6.07, 6.45) is 7.86. The van der Waals surface area contributed by atoms with Crippen molar-refractivity contribution in [3.05, 3.63) is 10.6 Å². The minimum atomic E-state index is 0.635. The van der Waals surface area contributed by atoms with Crippen LogP contribution < -0.4 is 0 Å². The average molecular weight is 291 g/mol. The summed E-state index contributed by atoms with van der Waals surface area (Å²) in [6, 6.07) is 0. The first-order valence-electron chi connectivity index (χ1n) is 7.21. The van der Waals surface area contributed by atoms with Crippen LogP contribution in [0.25, 0.3) is 0 Å². The summed E-state index contributed by atoms with van der Waals surface area (Å²) in [5.41, 5.74) is 0. The second-order valence-corrected chi connectivity index (χ2v) is 6.08. The van der Waals surface area contributed by atoms with Gasteiger partial charge >= 0.3 is 0 Å². The lowest BCUT2D eigenvalue weighted by atomic mass is 10.3. The van der Waals surface area contributed by atoms with Crippen molar-refractivity contribution in [2.24, 2.45) is 7.05 Å². The van der Waals surface area contributed by atoms with Crippen molar-refractivity contribution in [2.75, 3.05) is 32.7 Å². The molecule has 108 valence electrons. The number of hydrogen-bond acceptors (Lipinski definition) is 4. The lowest BCUT2D eigenvalue weighted by Crippen LogP contribution is -2.46. The first kappa shape index (κ1) is 13.8. The summed E-state index contributed by atoms with van der Waals surface area (Å²) in [5, 5.41) is 4.71. The summed E-state index contributed by atoms with van der Waals surface area (Å²) in [4.78, 5) is 4.70. The molecule has 1 saturated heterocycles. The molecule has 1 aliphatic heterocycles. The molecule has 3 rings (SSSR count). The average Bonchev–Trinajstić information content (AvgIpc) is 3.25. The number of terminal acetylenes is 1. The minimum Gasteiger partial charge on any atom is -0.307 e. The summed E-state index contributed by atoms with van der Waals surface area (Å²) in [7, 11) is 2.03. The van der Waals surface area contributed by atoms with E-state index in [9.17, 15) is 0 Å². The van der Waals surface area contributed by atoms with Crippen LogP contribution in [-0.2, 0) is 13.7 Å². The lowest BCUT2D eigenvalue weighted by Gasteiger charge is -2.33. The van der Waals surface area contributed by atoms with E-state index in [1.807, 2.05) is 11.7 Å². The second-order valence-electron chi connectivity index (χ2n) is 5.71. The zero-order valence-corrected chi connectivity index (χ0v) is 12.8. The highest BCUT2D eigenvalue weighted by Gasteiger charge is 2.29. The molecule has 1 saturated carbocycles. The van der Waals surface area contributed by atoms with Crippen molar-refractivity contribution in [3.63, 3.8) is 0 Å². The van der Waals surface area contributed by atoms with Crippen molar-refractivity contribution in [1.82, 2.24) is 24.1 Å².